The van der Waals surface area contributed by atoms with Crippen molar-refractivity contribution in [3.8, 4) is 33.5 Å². The van der Waals surface area contributed by atoms with E-state index < -0.39 is 6.29 Å². The van der Waals surface area contributed by atoms with Crippen LogP contribution >= 0.6 is 0 Å². The molecule has 5 rings (SSSR count). The highest BCUT2D eigenvalue weighted by atomic mass is 19.1. The second-order valence-corrected chi connectivity index (χ2v) is 8.39. The second-order valence-electron chi connectivity index (χ2n) is 8.39. The number of halogens is 2. The van der Waals surface area contributed by atoms with Crippen LogP contribution in [-0.4, -0.2) is 39.3 Å². The quantitative estimate of drug-likeness (QED) is 0.216. The van der Waals surface area contributed by atoms with Gasteiger partial charge in [0.25, 0.3) is 0 Å². The molecule has 0 spiro atoms. The molecule has 2 aromatic carbocycles. The van der Waals surface area contributed by atoms with Crippen LogP contribution in [0.3, 0.4) is 0 Å². The Labute approximate surface area is 213 Å². The molecule has 0 saturated carbocycles. The Morgan fingerprint density at radius 1 is 0.757 bits per heavy atom. The van der Waals surface area contributed by atoms with Crippen molar-refractivity contribution in [2.45, 2.75) is 26.7 Å². The van der Waals surface area contributed by atoms with Crippen LogP contribution in [-0.2, 0) is 16.0 Å². The zero-order valence-electron chi connectivity index (χ0n) is 20.6. The van der Waals surface area contributed by atoms with Gasteiger partial charge in [-0.3, -0.25) is 9.67 Å². The van der Waals surface area contributed by atoms with Crippen LogP contribution in [0.1, 0.15) is 13.8 Å². The smallest absolute Gasteiger partial charge is 0.182 e. The first-order chi connectivity index (χ1) is 18.1. The van der Waals surface area contributed by atoms with Crippen LogP contribution in [0.25, 0.3) is 44.5 Å². The summed E-state index contributed by atoms with van der Waals surface area (Å²) in [5, 5.41) is 5.53. The summed E-state index contributed by atoms with van der Waals surface area (Å²) in [5.41, 5.74) is 5.20. The van der Waals surface area contributed by atoms with E-state index in [4.69, 9.17) is 19.6 Å². The van der Waals surface area contributed by atoms with Crippen molar-refractivity contribution in [3.05, 3.63) is 90.9 Å². The standard InChI is InChI=1S/C29H26F2N4O2/c1-3-36-25(37-4-2)18-35-17-24-26(19-5-9-22(30)10-6-19)27(20-13-15-32-16-14-20)28(33-29(24)34-35)21-7-11-23(31)12-8-21/h5-17,25H,3-4,18H2,1-2H3. The molecule has 0 aliphatic rings. The fourth-order valence-corrected chi connectivity index (χ4v) is 4.39. The summed E-state index contributed by atoms with van der Waals surface area (Å²) in [7, 11) is 0. The number of rotatable bonds is 9. The molecule has 188 valence electrons. The van der Waals surface area contributed by atoms with Crippen molar-refractivity contribution >= 4 is 11.0 Å². The van der Waals surface area contributed by atoms with E-state index in [2.05, 4.69) is 4.98 Å². The number of ether oxygens (including phenoxy) is 2. The van der Waals surface area contributed by atoms with Gasteiger partial charge in [0.1, 0.15) is 11.6 Å². The zero-order chi connectivity index (χ0) is 25.8. The molecule has 0 aliphatic heterocycles. The number of benzene rings is 2. The summed E-state index contributed by atoms with van der Waals surface area (Å²) in [5.74, 6) is -0.665. The average Bonchev–Trinajstić information content (AvgIpc) is 3.31. The lowest BCUT2D eigenvalue weighted by molar-refractivity contribution is -0.144. The van der Waals surface area contributed by atoms with Gasteiger partial charge in [0.05, 0.1) is 12.2 Å². The Kier molecular flexibility index (Phi) is 7.30. The van der Waals surface area contributed by atoms with Gasteiger partial charge in [-0.15, -0.1) is 0 Å². The summed E-state index contributed by atoms with van der Waals surface area (Å²) in [6.07, 6.45) is 4.86. The molecule has 0 unspecified atom stereocenters. The van der Waals surface area contributed by atoms with E-state index in [0.717, 1.165) is 33.2 Å². The Hall–Kier alpha value is -4.01. The molecule has 0 amide bonds. The highest BCUT2D eigenvalue weighted by Gasteiger charge is 2.22. The van der Waals surface area contributed by atoms with Gasteiger partial charge in [-0.2, -0.15) is 5.10 Å². The maximum absolute atomic E-state index is 13.9. The third-order valence-corrected chi connectivity index (χ3v) is 5.98. The fraction of sp³-hybridized carbons (Fsp3) is 0.207. The summed E-state index contributed by atoms with van der Waals surface area (Å²) in [6.45, 7) is 5.21. The van der Waals surface area contributed by atoms with Gasteiger partial charge >= 0.3 is 0 Å². The van der Waals surface area contributed by atoms with Gasteiger partial charge in [0, 0.05) is 53.9 Å². The SMILES string of the molecule is CCOC(Cn1cc2c(-c3ccc(F)cc3)c(-c3ccncc3)c(-c3ccc(F)cc3)nc2n1)OCC. The molecule has 8 heteroatoms. The molecule has 6 nitrogen and oxygen atoms in total. The van der Waals surface area contributed by atoms with Gasteiger partial charge in [-0.25, -0.2) is 13.8 Å². The maximum Gasteiger partial charge on any atom is 0.182 e. The normalized spacial score (nSPS) is 11.5. The van der Waals surface area contributed by atoms with E-state index in [1.165, 1.54) is 24.3 Å². The highest BCUT2D eigenvalue weighted by Crippen LogP contribution is 2.43. The van der Waals surface area contributed by atoms with Crippen LogP contribution in [0.2, 0.25) is 0 Å². The number of fused-ring (bicyclic) bond motifs is 1. The molecule has 0 radical (unpaired) electrons. The predicted octanol–water partition coefficient (Wildman–Crippen LogP) is 6.50. The van der Waals surface area contributed by atoms with E-state index >= 15 is 0 Å². The largest absolute Gasteiger partial charge is 0.351 e. The Morgan fingerprint density at radius 2 is 1.32 bits per heavy atom. The fourth-order valence-electron chi connectivity index (χ4n) is 4.39. The van der Waals surface area contributed by atoms with E-state index in [1.54, 1.807) is 41.3 Å². The van der Waals surface area contributed by atoms with Crippen molar-refractivity contribution in [2.75, 3.05) is 13.2 Å². The van der Waals surface area contributed by atoms with Crippen molar-refractivity contribution in [2.24, 2.45) is 0 Å². The number of nitrogens with zero attached hydrogens (tertiary/aromatic N) is 4. The molecule has 0 bridgehead atoms. The Balaban J connectivity index is 1.80. The van der Waals surface area contributed by atoms with Crippen molar-refractivity contribution in [3.63, 3.8) is 0 Å². The minimum Gasteiger partial charge on any atom is -0.351 e. The second kappa shape index (κ2) is 10.9. The first-order valence-electron chi connectivity index (χ1n) is 12.1. The molecule has 0 fully saturated rings. The molecule has 0 aliphatic carbocycles. The summed E-state index contributed by atoms with van der Waals surface area (Å²) in [4.78, 5) is 9.11. The lowest BCUT2D eigenvalue weighted by Gasteiger charge is -2.16. The van der Waals surface area contributed by atoms with Crippen LogP contribution in [0, 0.1) is 11.6 Å². The lowest BCUT2D eigenvalue weighted by atomic mass is 9.90. The maximum atomic E-state index is 13.9. The Bertz CT molecular complexity index is 1480. The number of hydrogen-bond donors (Lipinski definition) is 0. The first kappa shape index (κ1) is 24.7. The van der Waals surface area contributed by atoms with Gasteiger partial charge < -0.3 is 9.47 Å². The van der Waals surface area contributed by atoms with Crippen LogP contribution < -0.4 is 0 Å². The van der Waals surface area contributed by atoms with Crippen molar-refractivity contribution in [1.82, 2.24) is 19.7 Å². The van der Waals surface area contributed by atoms with Crippen LogP contribution in [0.5, 0.6) is 0 Å². The average molecular weight is 501 g/mol. The molecule has 5 aromatic rings. The van der Waals surface area contributed by atoms with Crippen LogP contribution in [0.4, 0.5) is 8.78 Å². The number of pyridine rings is 2. The Morgan fingerprint density at radius 3 is 1.92 bits per heavy atom. The van der Waals surface area contributed by atoms with Gasteiger partial charge in [0.2, 0.25) is 0 Å². The molecular weight excluding hydrogens is 474 g/mol. The summed E-state index contributed by atoms with van der Waals surface area (Å²) in [6, 6.07) is 16.3. The molecule has 37 heavy (non-hydrogen) atoms. The van der Waals surface area contributed by atoms with Gasteiger partial charge in [-0.05, 0) is 73.5 Å². The summed E-state index contributed by atoms with van der Waals surface area (Å²) >= 11 is 0. The minimum atomic E-state index is -0.463. The number of aromatic nitrogens is 4. The monoisotopic (exact) mass is 500 g/mol. The van der Waals surface area contributed by atoms with Crippen molar-refractivity contribution < 1.29 is 18.3 Å². The van der Waals surface area contributed by atoms with Crippen molar-refractivity contribution in [1.29, 1.82) is 0 Å². The lowest BCUT2D eigenvalue weighted by Crippen LogP contribution is -2.23. The zero-order valence-corrected chi connectivity index (χ0v) is 20.6. The topological polar surface area (TPSA) is 62.1 Å². The van der Waals surface area contributed by atoms with Gasteiger partial charge in [-0.1, -0.05) is 12.1 Å². The van der Waals surface area contributed by atoms with Crippen LogP contribution in [0.15, 0.2) is 79.3 Å². The molecule has 3 heterocycles. The molecule has 0 saturated heterocycles. The molecule has 0 atom stereocenters. The molecule has 3 aromatic heterocycles. The summed E-state index contributed by atoms with van der Waals surface area (Å²) < 4.78 is 40.9. The van der Waals surface area contributed by atoms with E-state index in [1.807, 2.05) is 32.2 Å². The first-order valence-corrected chi connectivity index (χ1v) is 12.1. The highest BCUT2D eigenvalue weighted by molar-refractivity contribution is 6.05. The third-order valence-electron chi connectivity index (χ3n) is 5.98. The third kappa shape index (κ3) is 5.26. The van der Waals surface area contributed by atoms with E-state index in [0.29, 0.717) is 31.1 Å². The van der Waals surface area contributed by atoms with Gasteiger partial charge in [0.15, 0.2) is 11.9 Å². The number of hydrogen-bond acceptors (Lipinski definition) is 5. The van der Waals surface area contributed by atoms with E-state index in [-0.39, 0.29) is 11.6 Å². The minimum absolute atomic E-state index is 0.328. The molecule has 0 N–H and O–H groups in total. The predicted molar refractivity (Wildman–Crippen MR) is 139 cm³/mol. The van der Waals surface area contributed by atoms with E-state index in [9.17, 15) is 8.78 Å². The molecular formula is C29H26F2N4O2.